The molecule has 9 heavy (non-hydrogen) atoms. The third-order valence-electron chi connectivity index (χ3n) is 0. The SMILES string of the molecule is C.O=P(O)(O)O.[LiH].[LiH].[Mn]. The Morgan fingerprint density at radius 2 is 1.00 bits per heavy atom. The smallest absolute Gasteiger partial charge is 0 e. The number of hydrogen-bond acceptors (Lipinski definition) is 1. The maximum atomic E-state index is 8.88. The number of phosphoric acid groups is 1. The summed E-state index contributed by atoms with van der Waals surface area (Å²) in [5.74, 6) is 0. The Kier molecular flexibility index (Phi) is 42.8. The van der Waals surface area contributed by atoms with Crippen molar-refractivity contribution >= 4 is 45.5 Å². The number of hydrogen-bond donors (Lipinski definition) is 3. The van der Waals surface area contributed by atoms with Gasteiger partial charge in [0.05, 0.1) is 0 Å². The van der Waals surface area contributed by atoms with Gasteiger partial charge in [-0.2, -0.15) is 0 Å². The molecule has 0 aromatic rings. The van der Waals surface area contributed by atoms with Gasteiger partial charge in [0, 0.05) is 17.1 Å². The van der Waals surface area contributed by atoms with Crippen molar-refractivity contribution in [3.8, 4) is 0 Å². The maximum Gasteiger partial charge on any atom is 0 e. The van der Waals surface area contributed by atoms with E-state index in [4.69, 9.17) is 19.2 Å². The molecular weight excluding hydrogens is 176 g/mol. The summed E-state index contributed by atoms with van der Waals surface area (Å²) in [5, 5.41) is 0. The van der Waals surface area contributed by atoms with Gasteiger partial charge in [0.25, 0.3) is 0 Å². The van der Waals surface area contributed by atoms with E-state index in [0.717, 1.165) is 0 Å². The molecule has 3 N–H and O–H groups in total. The normalized spacial score (nSPS) is 6.56. The first-order chi connectivity index (χ1) is 2.00. The second kappa shape index (κ2) is 12.5. The van der Waals surface area contributed by atoms with Crippen LogP contribution in [-0.2, 0) is 21.6 Å². The number of rotatable bonds is 0. The molecular formula is CH9Li2MnO4P. The van der Waals surface area contributed by atoms with E-state index >= 15 is 0 Å². The Balaban J connectivity index is -0.0000000133. The van der Waals surface area contributed by atoms with Crippen molar-refractivity contribution in [2.24, 2.45) is 0 Å². The summed E-state index contributed by atoms with van der Waals surface area (Å²) >= 11 is 0. The molecule has 0 rings (SSSR count). The van der Waals surface area contributed by atoms with Crippen molar-refractivity contribution in [2.45, 2.75) is 7.43 Å². The van der Waals surface area contributed by atoms with Crippen LogP contribution in [-0.4, -0.2) is 52.4 Å². The Morgan fingerprint density at radius 3 is 1.00 bits per heavy atom. The summed E-state index contributed by atoms with van der Waals surface area (Å²) < 4.78 is 8.88. The van der Waals surface area contributed by atoms with E-state index in [2.05, 4.69) is 0 Å². The zero-order chi connectivity index (χ0) is 4.50. The third-order valence-corrected chi connectivity index (χ3v) is 0. The van der Waals surface area contributed by atoms with Crippen molar-refractivity contribution in [1.29, 1.82) is 0 Å². The van der Waals surface area contributed by atoms with Gasteiger partial charge in [-0.1, -0.05) is 7.43 Å². The van der Waals surface area contributed by atoms with E-state index in [1.54, 1.807) is 0 Å². The van der Waals surface area contributed by atoms with Gasteiger partial charge >= 0.3 is 45.5 Å². The molecule has 0 aromatic carbocycles. The average Bonchev–Trinajstić information content (AvgIpc) is 0.722. The van der Waals surface area contributed by atoms with E-state index in [-0.39, 0.29) is 62.2 Å². The molecule has 0 unspecified atom stereocenters. The fourth-order valence-corrected chi connectivity index (χ4v) is 0. The molecule has 0 aliphatic heterocycles. The first kappa shape index (κ1) is 30.8. The average molecular weight is 185 g/mol. The van der Waals surface area contributed by atoms with Crippen LogP contribution in [0.3, 0.4) is 0 Å². The van der Waals surface area contributed by atoms with E-state index < -0.39 is 7.82 Å². The van der Waals surface area contributed by atoms with Crippen LogP contribution in [0.15, 0.2) is 0 Å². The van der Waals surface area contributed by atoms with E-state index in [0.29, 0.717) is 0 Å². The first-order valence-electron chi connectivity index (χ1n) is 0.783. The third kappa shape index (κ3) is 181. The minimum atomic E-state index is -4.64. The van der Waals surface area contributed by atoms with Crippen LogP contribution in [0, 0.1) is 0 Å². The standard InChI is InChI=1S/CH4.2Li.Mn.H3O4P.2H/c;;;;1-5(2,3)4;;/h1H4;;;;(H3,1,2,3,4);;. The molecule has 0 aromatic heterocycles. The summed E-state index contributed by atoms with van der Waals surface area (Å²) in [6.07, 6.45) is 0. The fraction of sp³-hybridized carbons (Fsp3) is 1.00. The van der Waals surface area contributed by atoms with E-state index in [1.165, 1.54) is 0 Å². The summed E-state index contributed by atoms with van der Waals surface area (Å²) in [6, 6.07) is 0. The van der Waals surface area contributed by atoms with Crippen LogP contribution < -0.4 is 0 Å². The van der Waals surface area contributed by atoms with Gasteiger partial charge in [0.1, 0.15) is 0 Å². The van der Waals surface area contributed by atoms with Crippen LogP contribution in [0.5, 0.6) is 0 Å². The predicted octanol–water partition coefficient (Wildman–Crippen LogP) is -1.59. The van der Waals surface area contributed by atoms with Crippen LogP contribution in [0.2, 0.25) is 0 Å². The molecule has 1 radical (unpaired) electrons. The topological polar surface area (TPSA) is 77.8 Å². The van der Waals surface area contributed by atoms with Crippen LogP contribution in [0.4, 0.5) is 0 Å². The molecule has 0 bridgehead atoms. The van der Waals surface area contributed by atoms with Crippen molar-refractivity contribution in [2.75, 3.05) is 0 Å². The quantitative estimate of drug-likeness (QED) is 0.314. The summed E-state index contributed by atoms with van der Waals surface area (Å²) in [7, 11) is -4.64. The molecule has 0 saturated carbocycles. The Bertz CT molecular complexity index is 64.7. The van der Waals surface area contributed by atoms with Crippen LogP contribution >= 0.6 is 7.82 Å². The molecule has 0 aliphatic rings. The molecule has 0 aliphatic carbocycles. The molecule has 4 nitrogen and oxygen atoms in total. The monoisotopic (exact) mass is 185 g/mol. The van der Waals surface area contributed by atoms with Crippen molar-refractivity contribution in [3.05, 3.63) is 0 Å². The van der Waals surface area contributed by atoms with Crippen molar-refractivity contribution in [1.82, 2.24) is 0 Å². The molecule has 0 fully saturated rings. The zero-order valence-corrected chi connectivity index (χ0v) is 4.65. The Hall–Kier alpha value is 1.82. The van der Waals surface area contributed by atoms with Crippen LogP contribution in [0.25, 0.3) is 0 Å². The largest absolute Gasteiger partial charge is 0 e. The van der Waals surface area contributed by atoms with Gasteiger partial charge in [-0.25, -0.2) is 4.57 Å². The molecule has 51 valence electrons. The minimum absolute atomic E-state index is 0. The van der Waals surface area contributed by atoms with Gasteiger partial charge in [-0.05, 0) is 0 Å². The second-order valence-corrected chi connectivity index (χ2v) is 1.54. The summed E-state index contributed by atoms with van der Waals surface area (Å²) in [6.45, 7) is 0. The molecule has 0 atom stereocenters. The molecule has 0 spiro atoms. The molecule has 0 saturated heterocycles. The Labute approximate surface area is 88.9 Å². The zero-order valence-electron chi connectivity index (χ0n) is 2.58. The second-order valence-electron chi connectivity index (χ2n) is 0.513. The molecule has 8 heteroatoms. The predicted molar refractivity (Wildman–Crippen MR) is 35.3 cm³/mol. The van der Waals surface area contributed by atoms with Gasteiger partial charge in [-0.15, -0.1) is 0 Å². The first-order valence-corrected chi connectivity index (χ1v) is 2.35. The molecule has 0 heterocycles. The minimum Gasteiger partial charge on any atom is 0 e. The van der Waals surface area contributed by atoms with E-state index in [1.807, 2.05) is 0 Å². The van der Waals surface area contributed by atoms with Crippen molar-refractivity contribution < 1.29 is 36.3 Å². The maximum absolute atomic E-state index is 8.88. The van der Waals surface area contributed by atoms with Gasteiger partial charge in [0.15, 0.2) is 0 Å². The summed E-state index contributed by atoms with van der Waals surface area (Å²) in [5.41, 5.74) is 0. The van der Waals surface area contributed by atoms with Crippen molar-refractivity contribution in [3.63, 3.8) is 0 Å². The van der Waals surface area contributed by atoms with Gasteiger partial charge in [-0.3, -0.25) is 0 Å². The fourth-order valence-electron chi connectivity index (χ4n) is 0. The van der Waals surface area contributed by atoms with Crippen LogP contribution in [0.1, 0.15) is 7.43 Å². The summed E-state index contributed by atoms with van der Waals surface area (Å²) in [4.78, 5) is 21.6. The Morgan fingerprint density at radius 1 is 1.00 bits per heavy atom. The van der Waals surface area contributed by atoms with Gasteiger partial charge < -0.3 is 14.7 Å². The van der Waals surface area contributed by atoms with E-state index in [9.17, 15) is 0 Å². The van der Waals surface area contributed by atoms with Gasteiger partial charge in [0.2, 0.25) is 0 Å². The molecule has 0 amide bonds.